The average Bonchev–Trinajstić information content (AvgIpc) is 2.90. The number of nitrogens with zero attached hydrogens (tertiary/aromatic N) is 4. The number of hydrogen-bond acceptors (Lipinski definition) is 4. The van der Waals surface area contributed by atoms with Crippen molar-refractivity contribution in [2.24, 2.45) is 7.05 Å². The minimum atomic E-state index is 0.541. The second kappa shape index (κ2) is 5.02. The molecule has 20 heavy (non-hydrogen) atoms. The third kappa shape index (κ3) is 2.19. The maximum atomic E-state index is 9.23. The molecule has 0 saturated heterocycles. The molecule has 1 aromatic carbocycles. The molecule has 2 aromatic heterocycles. The highest BCUT2D eigenvalue weighted by atomic mass is 15.3. The Morgan fingerprint density at radius 2 is 2.15 bits per heavy atom. The van der Waals surface area contributed by atoms with Crippen molar-refractivity contribution in [3.63, 3.8) is 0 Å². The lowest BCUT2D eigenvalue weighted by Crippen LogP contribution is -2.04. The number of pyridine rings is 1. The van der Waals surface area contributed by atoms with E-state index in [4.69, 9.17) is 0 Å². The normalized spacial score (nSPS) is 10.4. The van der Waals surface area contributed by atoms with Crippen LogP contribution in [-0.2, 0) is 13.6 Å². The second-order valence-corrected chi connectivity index (χ2v) is 4.51. The van der Waals surface area contributed by atoms with Crippen LogP contribution in [0.25, 0.3) is 10.9 Å². The van der Waals surface area contributed by atoms with Crippen molar-refractivity contribution < 1.29 is 0 Å². The Balaban J connectivity index is 1.98. The molecule has 0 aliphatic carbocycles. The van der Waals surface area contributed by atoms with Gasteiger partial charge in [0.25, 0.3) is 0 Å². The fourth-order valence-electron chi connectivity index (χ4n) is 2.15. The van der Waals surface area contributed by atoms with Gasteiger partial charge in [-0.2, -0.15) is 10.4 Å². The Bertz CT molecular complexity index is 797. The van der Waals surface area contributed by atoms with E-state index < -0.39 is 0 Å². The number of aryl methyl sites for hydroxylation is 1. The Morgan fingerprint density at radius 1 is 1.30 bits per heavy atom. The van der Waals surface area contributed by atoms with Crippen molar-refractivity contribution in [1.29, 1.82) is 5.26 Å². The molecule has 5 nitrogen and oxygen atoms in total. The Hall–Kier alpha value is -2.87. The van der Waals surface area contributed by atoms with Crippen molar-refractivity contribution in [2.45, 2.75) is 6.54 Å². The molecule has 3 aromatic rings. The zero-order chi connectivity index (χ0) is 13.9. The van der Waals surface area contributed by atoms with E-state index in [0.29, 0.717) is 12.1 Å². The molecule has 0 spiro atoms. The van der Waals surface area contributed by atoms with Crippen LogP contribution < -0.4 is 5.32 Å². The van der Waals surface area contributed by atoms with Crippen LogP contribution in [-0.4, -0.2) is 14.8 Å². The lowest BCUT2D eigenvalue weighted by atomic mass is 10.1. The fraction of sp³-hybridized carbons (Fsp3) is 0.133. The van der Waals surface area contributed by atoms with Crippen LogP contribution in [0.5, 0.6) is 0 Å². The van der Waals surface area contributed by atoms with E-state index in [1.54, 1.807) is 10.9 Å². The number of anilines is 1. The van der Waals surface area contributed by atoms with E-state index in [2.05, 4.69) is 21.5 Å². The number of fused-ring (bicyclic) bond motifs is 1. The monoisotopic (exact) mass is 263 g/mol. The standard InChI is InChI=1S/C15H13N5/c1-20-7-6-12(19-20)10-18-15-11(8-16)9-17-14-5-3-2-4-13(14)15/h2-7,9H,10H2,1H3,(H,17,18). The summed E-state index contributed by atoms with van der Waals surface area (Å²) in [5.74, 6) is 0. The van der Waals surface area contributed by atoms with Gasteiger partial charge in [-0.15, -0.1) is 0 Å². The van der Waals surface area contributed by atoms with Gasteiger partial charge in [0, 0.05) is 24.8 Å². The van der Waals surface area contributed by atoms with E-state index in [-0.39, 0.29) is 0 Å². The number of nitrogens with one attached hydrogen (secondary N) is 1. The number of benzene rings is 1. The first-order valence-corrected chi connectivity index (χ1v) is 6.28. The lowest BCUT2D eigenvalue weighted by Gasteiger charge is -2.10. The maximum Gasteiger partial charge on any atom is 0.103 e. The van der Waals surface area contributed by atoms with Crippen LogP contribution in [0.2, 0.25) is 0 Å². The smallest absolute Gasteiger partial charge is 0.103 e. The van der Waals surface area contributed by atoms with Crippen molar-refractivity contribution in [2.75, 3.05) is 5.32 Å². The quantitative estimate of drug-likeness (QED) is 0.788. The van der Waals surface area contributed by atoms with Gasteiger partial charge in [0.2, 0.25) is 0 Å². The van der Waals surface area contributed by atoms with Crippen LogP contribution >= 0.6 is 0 Å². The van der Waals surface area contributed by atoms with Crippen LogP contribution in [0.15, 0.2) is 42.7 Å². The second-order valence-electron chi connectivity index (χ2n) is 4.51. The highest BCUT2D eigenvalue weighted by Crippen LogP contribution is 2.25. The predicted octanol–water partition coefficient (Wildman–Crippen LogP) is 2.45. The highest BCUT2D eigenvalue weighted by Gasteiger charge is 2.08. The van der Waals surface area contributed by atoms with E-state index in [9.17, 15) is 5.26 Å². The van der Waals surface area contributed by atoms with Crippen molar-refractivity contribution in [1.82, 2.24) is 14.8 Å². The molecule has 98 valence electrons. The molecule has 1 N–H and O–H groups in total. The van der Waals surface area contributed by atoms with Gasteiger partial charge in [-0.05, 0) is 12.1 Å². The predicted molar refractivity (Wildman–Crippen MR) is 77.0 cm³/mol. The van der Waals surface area contributed by atoms with Crippen molar-refractivity contribution >= 4 is 16.6 Å². The molecular weight excluding hydrogens is 250 g/mol. The van der Waals surface area contributed by atoms with Gasteiger partial charge < -0.3 is 5.32 Å². The third-order valence-electron chi connectivity index (χ3n) is 3.11. The number of para-hydroxylation sites is 1. The summed E-state index contributed by atoms with van der Waals surface area (Å²) >= 11 is 0. The van der Waals surface area contributed by atoms with Gasteiger partial charge in [-0.3, -0.25) is 9.67 Å². The Labute approximate surface area is 116 Å². The summed E-state index contributed by atoms with van der Waals surface area (Å²) in [6, 6.07) is 11.9. The van der Waals surface area contributed by atoms with Crippen LogP contribution in [0.4, 0.5) is 5.69 Å². The molecule has 0 unspecified atom stereocenters. The van der Waals surface area contributed by atoms with Crippen LogP contribution in [0.1, 0.15) is 11.3 Å². The molecule has 0 bridgehead atoms. The number of hydrogen-bond donors (Lipinski definition) is 1. The summed E-state index contributed by atoms with van der Waals surface area (Å²) in [7, 11) is 1.88. The van der Waals surface area contributed by atoms with Gasteiger partial charge in [-0.1, -0.05) is 18.2 Å². The first-order valence-electron chi connectivity index (χ1n) is 6.28. The first kappa shape index (κ1) is 12.2. The van der Waals surface area contributed by atoms with E-state index >= 15 is 0 Å². The Kier molecular flexibility index (Phi) is 3.05. The largest absolute Gasteiger partial charge is 0.378 e. The average molecular weight is 263 g/mol. The summed E-state index contributed by atoms with van der Waals surface area (Å²) in [4.78, 5) is 4.29. The lowest BCUT2D eigenvalue weighted by molar-refractivity contribution is 0.747. The Morgan fingerprint density at radius 3 is 2.90 bits per heavy atom. The summed E-state index contributed by atoms with van der Waals surface area (Å²) < 4.78 is 1.76. The molecule has 0 saturated carbocycles. The van der Waals surface area contributed by atoms with E-state index in [1.165, 1.54) is 0 Å². The minimum Gasteiger partial charge on any atom is -0.378 e. The van der Waals surface area contributed by atoms with Gasteiger partial charge in [0.05, 0.1) is 29.0 Å². The van der Waals surface area contributed by atoms with Crippen LogP contribution in [0, 0.1) is 11.3 Å². The number of rotatable bonds is 3. The van der Waals surface area contributed by atoms with Gasteiger partial charge in [0.15, 0.2) is 0 Å². The highest BCUT2D eigenvalue weighted by molar-refractivity contribution is 5.93. The van der Waals surface area contributed by atoms with Gasteiger partial charge in [0.1, 0.15) is 6.07 Å². The van der Waals surface area contributed by atoms with Gasteiger partial charge >= 0.3 is 0 Å². The van der Waals surface area contributed by atoms with E-state index in [0.717, 1.165) is 22.3 Å². The van der Waals surface area contributed by atoms with E-state index in [1.807, 2.05) is 43.6 Å². The maximum absolute atomic E-state index is 9.23. The molecule has 0 amide bonds. The van der Waals surface area contributed by atoms with Crippen LogP contribution in [0.3, 0.4) is 0 Å². The zero-order valence-electron chi connectivity index (χ0n) is 11.0. The third-order valence-corrected chi connectivity index (χ3v) is 3.11. The molecule has 0 radical (unpaired) electrons. The summed E-state index contributed by atoms with van der Waals surface area (Å²) in [5, 5.41) is 17.8. The molecule has 0 fully saturated rings. The topological polar surface area (TPSA) is 66.5 Å². The molecule has 3 rings (SSSR count). The fourth-order valence-corrected chi connectivity index (χ4v) is 2.15. The van der Waals surface area contributed by atoms with Gasteiger partial charge in [-0.25, -0.2) is 0 Å². The van der Waals surface area contributed by atoms with Crippen molar-refractivity contribution in [3.05, 3.63) is 54.0 Å². The molecular formula is C15H13N5. The molecule has 2 heterocycles. The van der Waals surface area contributed by atoms with Crippen molar-refractivity contribution in [3.8, 4) is 6.07 Å². The molecule has 0 atom stereocenters. The molecule has 0 aliphatic rings. The number of nitriles is 1. The zero-order valence-corrected chi connectivity index (χ0v) is 11.0. The summed E-state index contributed by atoms with van der Waals surface area (Å²) in [6.07, 6.45) is 3.50. The SMILES string of the molecule is Cn1ccc(CNc2c(C#N)cnc3ccccc23)n1. The first-order chi connectivity index (χ1) is 9.78. The number of aromatic nitrogens is 3. The molecule has 5 heteroatoms. The minimum absolute atomic E-state index is 0.541. The molecule has 0 aliphatic heterocycles. The summed E-state index contributed by atoms with van der Waals surface area (Å²) in [5.41, 5.74) is 3.15. The summed E-state index contributed by atoms with van der Waals surface area (Å²) in [6.45, 7) is 0.573.